The fourth-order valence-corrected chi connectivity index (χ4v) is 4.74. The molecule has 0 fully saturated rings. The summed E-state index contributed by atoms with van der Waals surface area (Å²) in [7, 11) is 3.23. The van der Waals surface area contributed by atoms with Crippen LogP contribution in [0.25, 0.3) is 0 Å². The number of ether oxygens (including phenoxy) is 2. The number of amides is 2. The van der Waals surface area contributed by atoms with Crippen molar-refractivity contribution in [1.29, 1.82) is 0 Å². The number of carbonyl (C=O) groups excluding carboxylic acids is 2. The molecule has 1 N–H and O–H groups in total. The zero-order chi connectivity index (χ0) is 21.8. The highest BCUT2D eigenvalue weighted by Crippen LogP contribution is 2.42. The highest BCUT2D eigenvalue weighted by molar-refractivity contribution is 7.10. The first-order valence-corrected chi connectivity index (χ1v) is 10.9. The maximum Gasteiger partial charge on any atom is 0.286 e. The lowest BCUT2D eigenvalue weighted by atomic mass is 9.90. The highest BCUT2D eigenvalue weighted by atomic mass is 32.1. The van der Waals surface area contributed by atoms with Crippen LogP contribution in [0.3, 0.4) is 0 Å². The van der Waals surface area contributed by atoms with Crippen LogP contribution in [-0.2, 0) is 11.2 Å². The van der Waals surface area contributed by atoms with E-state index in [1.54, 1.807) is 37.7 Å². The number of furan rings is 1. The van der Waals surface area contributed by atoms with Crippen molar-refractivity contribution in [1.82, 2.24) is 10.2 Å². The zero-order valence-corrected chi connectivity index (χ0v) is 18.2. The predicted octanol–water partition coefficient (Wildman–Crippen LogP) is 3.65. The molecule has 1 atom stereocenters. The summed E-state index contributed by atoms with van der Waals surface area (Å²) in [5.74, 6) is 1.22. The number of benzene rings is 1. The van der Waals surface area contributed by atoms with E-state index >= 15 is 0 Å². The van der Waals surface area contributed by atoms with E-state index in [9.17, 15) is 9.59 Å². The number of rotatable bonds is 7. The molecule has 4 rings (SSSR count). The van der Waals surface area contributed by atoms with Crippen LogP contribution in [0, 0.1) is 0 Å². The summed E-state index contributed by atoms with van der Waals surface area (Å²) < 4.78 is 16.1. The Bertz CT molecular complexity index is 1050. The molecule has 1 aliphatic heterocycles. The number of carbonyl (C=O) groups is 2. The summed E-state index contributed by atoms with van der Waals surface area (Å²) in [5.41, 5.74) is 2.19. The van der Waals surface area contributed by atoms with E-state index in [-0.39, 0.29) is 36.6 Å². The SMILES string of the molecule is COc1cc2c(cc1OC)C(c1cccs1)N(C(=O)CCNC(=O)c1ccco1)CC2. The average Bonchev–Trinajstić information content (AvgIpc) is 3.51. The summed E-state index contributed by atoms with van der Waals surface area (Å²) in [6.45, 7) is 0.834. The van der Waals surface area contributed by atoms with Crippen molar-refractivity contribution in [2.24, 2.45) is 0 Å². The summed E-state index contributed by atoms with van der Waals surface area (Å²) in [6.07, 6.45) is 2.37. The van der Waals surface area contributed by atoms with E-state index in [1.807, 2.05) is 34.5 Å². The maximum absolute atomic E-state index is 13.2. The average molecular weight is 441 g/mol. The van der Waals surface area contributed by atoms with Gasteiger partial charge in [-0.3, -0.25) is 9.59 Å². The lowest BCUT2D eigenvalue weighted by Gasteiger charge is -2.37. The van der Waals surface area contributed by atoms with Crippen LogP contribution in [0.1, 0.15) is 39.0 Å². The van der Waals surface area contributed by atoms with Gasteiger partial charge in [0, 0.05) is 24.4 Å². The molecule has 0 spiro atoms. The molecule has 31 heavy (non-hydrogen) atoms. The Balaban J connectivity index is 1.55. The molecular weight excluding hydrogens is 416 g/mol. The summed E-state index contributed by atoms with van der Waals surface area (Å²) in [5, 5.41) is 4.75. The van der Waals surface area contributed by atoms with Crippen molar-refractivity contribution in [3.63, 3.8) is 0 Å². The molecule has 0 radical (unpaired) electrons. The van der Waals surface area contributed by atoms with Gasteiger partial charge in [0.15, 0.2) is 17.3 Å². The van der Waals surface area contributed by atoms with Crippen LogP contribution < -0.4 is 14.8 Å². The molecule has 1 aromatic carbocycles. The summed E-state index contributed by atoms with van der Waals surface area (Å²) in [6, 6.07) is 11.0. The molecular formula is C23H24N2O5S. The normalized spacial score (nSPS) is 15.3. The van der Waals surface area contributed by atoms with Crippen LogP contribution in [-0.4, -0.2) is 44.0 Å². The van der Waals surface area contributed by atoms with Gasteiger partial charge in [-0.05, 0) is 53.3 Å². The first-order chi connectivity index (χ1) is 15.1. The molecule has 1 unspecified atom stereocenters. The van der Waals surface area contributed by atoms with Gasteiger partial charge in [0.2, 0.25) is 5.91 Å². The van der Waals surface area contributed by atoms with Crippen LogP contribution in [0.5, 0.6) is 11.5 Å². The first kappa shape index (κ1) is 21.0. The Kier molecular flexibility index (Phi) is 6.27. The van der Waals surface area contributed by atoms with Gasteiger partial charge in [0.25, 0.3) is 5.91 Å². The van der Waals surface area contributed by atoms with Crippen LogP contribution >= 0.6 is 11.3 Å². The van der Waals surface area contributed by atoms with Crippen molar-refractivity contribution in [3.8, 4) is 11.5 Å². The zero-order valence-electron chi connectivity index (χ0n) is 17.4. The number of nitrogens with zero attached hydrogens (tertiary/aromatic N) is 1. The number of nitrogens with one attached hydrogen (secondary N) is 1. The third-order valence-electron chi connectivity index (χ3n) is 5.38. The topological polar surface area (TPSA) is 81.0 Å². The quantitative estimate of drug-likeness (QED) is 0.607. The molecule has 3 heterocycles. The minimum Gasteiger partial charge on any atom is -0.493 e. The molecule has 0 bridgehead atoms. The number of thiophene rings is 1. The van der Waals surface area contributed by atoms with Gasteiger partial charge in [0.05, 0.1) is 26.5 Å². The molecule has 0 saturated heterocycles. The van der Waals surface area contributed by atoms with E-state index in [0.717, 1.165) is 22.4 Å². The van der Waals surface area contributed by atoms with E-state index in [1.165, 1.54) is 6.26 Å². The molecule has 3 aromatic rings. The van der Waals surface area contributed by atoms with E-state index < -0.39 is 0 Å². The fraction of sp³-hybridized carbons (Fsp3) is 0.304. The number of methoxy groups -OCH3 is 2. The van der Waals surface area contributed by atoms with Gasteiger partial charge < -0.3 is 24.1 Å². The minimum absolute atomic E-state index is 0.0152. The maximum atomic E-state index is 13.2. The number of fused-ring (bicyclic) bond motifs is 1. The predicted molar refractivity (Wildman–Crippen MR) is 117 cm³/mol. The molecule has 0 saturated carbocycles. The van der Waals surface area contributed by atoms with Crippen molar-refractivity contribution < 1.29 is 23.5 Å². The van der Waals surface area contributed by atoms with Gasteiger partial charge in [-0.2, -0.15) is 0 Å². The Labute approximate surface area is 184 Å². The van der Waals surface area contributed by atoms with Gasteiger partial charge in [-0.1, -0.05) is 6.07 Å². The van der Waals surface area contributed by atoms with Crippen molar-refractivity contribution in [2.75, 3.05) is 27.3 Å². The van der Waals surface area contributed by atoms with E-state index in [2.05, 4.69) is 5.32 Å². The molecule has 2 aromatic heterocycles. The molecule has 7 nitrogen and oxygen atoms in total. The Hall–Kier alpha value is -3.26. The lowest BCUT2D eigenvalue weighted by molar-refractivity contribution is -0.133. The lowest BCUT2D eigenvalue weighted by Crippen LogP contribution is -2.41. The smallest absolute Gasteiger partial charge is 0.286 e. The second-order valence-corrected chi connectivity index (χ2v) is 8.12. The van der Waals surface area contributed by atoms with Gasteiger partial charge >= 0.3 is 0 Å². The fourth-order valence-electron chi connectivity index (χ4n) is 3.89. The minimum atomic E-state index is -0.326. The molecule has 0 aliphatic carbocycles. The Morgan fingerprint density at radius 3 is 2.68 bits per heavy atom. The molecule has 162 valence electrons. The second kappa shape index (κ2) is 9.26. The number of hydrogen-bond donors (Lipinski definition) is 1. The van der Waals surface area contributed by atoms with E-state index in [4.69, 9.17) is 13.9 Å². The Morgan fingerprint density at radius 1 is 1.19 bits per heavy atom. The largest absolute Gasteiger partial charge is 0.493 e. The molecule has 2 amide bonds. The molecule has 8 heteroatoms. The first-order valence-electron chi connectivity index (χ1n) is 10.0. The summed E-state index contributed by atoms with van der Waals surface area (Å²) in [4.78, 5) is 28.2. The van der Waals surface area contributed by atoms with Gasteiger partial charge in [-0.25, -0.2) is 0 Å². The van der Waals surface area contributed by atoms with E-state index in [0.29, 0.717) is 18.0 Å². The van der Waals surface area contributed by atoms with Crippen LogP contribution in [0.4, 0.5) is 0 Å². The van der Waals surface area contributed by atoms with Crippen molar-refractivity contribution in [3.05, 3.63) is 69.8 Å². The monoisotopic (exact) mass is 440 g/mol. The van der Waals surface area contributed by atoms with Crippen molar-refractivity contribution >= 4 is 23.2 Å². The third-order valence-corrected chi connectivity index (χ3v) is 6.30. The van der Waals surface area contributed by atoms with Gasteiger partial charge in [0.1, 0.15) is 0 Å². The standard InChI is InChI=1S/C23H24N2O5S/c1-28-18-13-15-8-10-25(21(26)7-9-24-23(27)17-5-3-11-30-17)22(20-6-4-12-31-20)16(15)14-19(18)29-2/h3-6,11-14,22H,7-10H2,1-2H3,(H,24,27). The van der Waals surface area contributed by atoms with Crippen LogP contribution in [0.2, 0.25) is 0 Å². The second-order valence-electron chi connectivity index (χ2n) is 7.14. The third kappa shape index (κ3) is 4.29. The van der Waals surface area contributed by atoms with Crippen LogP contribution in [0.15, 0.2) is 52.5 Å². The summed E-state index contributed by atoms with van der Waals surface area (Å²) >= 11 is 1.62. The van der Waals surface area contributed by atoms with Crippen molar-refractivity contribution in [2.45, 2.75) is 18.9 Å². The highest BCUT2D eigenvalue weighted by Gasteiger charge is 2.33. The molecule has 1 aliphatic rings. The Morgan fingerprint density at radius 2 is 2.00 bits per heavy atom. The number of hydrogen-bond acceptors (Lipinski definition) is 6. The van der Waals surface area contributed by atoms with Gasteiger partial charge in [-0.15, -0.1) is 11.3 Å².